The summed E-state index contributed by atoms with van der Waals surface area (Å²) in [6.45, 7) is 1.98. The van der Waals surface area contributed by atoms with Crippen LogP contribution in [0.15, 0.2) is 30.3 Å². The van der Waals surface area contributed by atoms with Gasteiger partial charge >= 0.3 is 0 Å². The standard InChI is InChI=1S/C13H17NO2.ClH/c1-13(16)9-14(2)11(8-12(13)15)10-6-4-3-5-7-10;/h3-7,11,16H,8-9H2,1-2H3;1H. The van der Waals surface area contributed by atoms with Gasteiger partial charge < -0.3 is 5.11 Å². The smallest absolute Gasteiger partial charge is 0.167 e. The predicted octanol–water partition coefficient (Wildman–Crippen LogP) is 1.81. The van der Waals surface area contributed by atoms with Gasteiger partial charge in [0.05, 0.1) is 0 Å². The van der Waals surface area contributed by atoms with Crippen LogP contribution in [-0.4, -0.2) is 35.0 Å². The van der Waals surface area contributed by atoms with E-state index in [1.807, 2.05) is 42.3 Å². The van der Waals surface area contributed by atoms with Crippen LogP contribution in [0.5, 0.6) is 0 Å². The Labute approximate surface area is 108 Å². The molecular weight excluding hydrogens is 238 g/mol. The molecule has 1 heterocycles. The molecular formula is C13H18ClNO2. The third kappa shape index (κ3) is 2.86. The third-order valence-corrected chi connectivity index (χ3v) is 3.25. The first-order valence-corrected chi connectivity index (χ1v) is 5.51. The van der Waals surface area contributed by atoms with E-state index in [0.717, 1.165) is 5.56 Å². The number of benzene rings is 1. The molecule has 0 aromatic heterocycles. The number of rotatable bonds is 1. The molecule has 2 rings (SSSR count). The van der Waals surface area contributed by atoms with Crippen LogP contribution in [0.3, 0.4) is 0 Å². The maximum atomic E-state index is 11.8. The SMILES string of the molecule is CN1CC(C)(O)C(=O)CC1c1ccccc1.Cl. The predicted molar refractivity (Wildman–Crippen MR) is 69.3 cm³/mol. The van der Waals surface area contributed by atoms with Crippen molar-refractivity contribution < 1.29 is 9.90 Å². The van der Waals surface area contributed by atoms with E-state index in [-0.39, 0.29) is 24.2 Å². The Bertz CT molecular complexity index is 392. The fraction of sp³-hybridized carbons (Fsp3) is 0.462. The summed E-state index contributed by atoms with van der Waals surface area (Å²) in [7, 11) is 1.94. The molecule has 3 nitrogen and oxygen atoms in total. The molecule has 2 atom stereocenters. The molecule has 0 radical (unpaired) electrons. The molecule has 1 fully saturated rings. The zero-order valence-corrected chi connectivity index (χ0v) is 10.9. The first-order valence-electron chi connectivity index (χ1n) is 5.51. The number of carbonyl (C=O) groups is 1. The molecule has 0 saturated carbocycles. The van der Waals surface area contributed by atoms with Gasteiger partial charge in [0.1, 0.15) is 5.60 Å². The number of aliphatic hydroxyl groups is 1. The number of β-amino-alcohol motifs (C(OH)–C–C–N with tert-alkyl or cyclic N) is 1. The van der Waals surface area contributed by atoms with E-state index < -0.39 is 5.60 Å². The quantitative estimate of drug-likeness (QED) is 0.832. The summed E-state index contributed by atoms with van der Waals surface area (Å²) >= 11 is 0. The van der Waals surface area contributed by atoms with Gasteiger partial charge in [-0.3, -0.25) is 9.69 Å². The number of ketones is 1. The van der Waals surface area contributed by atoms with E-state index in [0.29, 0.717) is 13.0 Å². The molecule has 0 bridgehead atoms. The molecule has 1 aromatic carbocycles. The highest BCUT2D eigenvalue weighted by Gasteiger charge is 2.40. The molecule has 4 heteroatoms. The normalized spacial score (nSPS) is 29.8. The molecule has 1 aliphatic heterocycles. The van der Waals surface area contributed by atoms with Crippen molar-refractivity contribution >= 4 is 18.2 Å². The van der Waals surface area contributed by atoms with Crippen molar-refractivity contribution in [3.63, 3.8) is 0 Å². The Kier molecular flexibility index (Phi) is 4.31. The molecule has 1 N–H and O–H groups in total. The Morgan fingerprint density at radius 3 is 2.53 bits per heavy atom. The number of likely N-dealkylation sites (tertiary alicyclic amines) is 1. The molecule has 2 unspecified atom stereocenters. The average Bonchev–Trinajstić information content (AvgIpc) is 2.24. The topological polar surface area (TPSA) is 40.5 Å². The van der Waals surface area contributed by atoms with Gasteiger partial charge in [0, 0.05) is 19.0 Å². The molecule has 1 aliphatic rings. The van der Waals surface area contributed by atoms with E-state index in [1.54, 1.807) is 6.92 Å². The Morgan fingerprint density at radius 2 is 1.94 bits per heavy atom. The van der Waals surface area contributed by atoms with Gasteiger partial charge in [0.15, 0.2) is 5.78 Å². The lowest BCUT2D eigenvalue weighted by Crippen LogP contribution is -2.52. The molecule has 94 valence electrons. The second-order valence-electron chi connectivity index (χ2n) is 4.74. The summed E-state index contributed by atoms with van der Waals surface area (Å²) in [5.41, 5.74) is -0.0612. The molecule has 17 heavy (non-hydrogen) atoms. The molecule has 1 saturated heterocycles. The van der Waals surface area contributed by atoms with Crippen LogP contribution in [0.25, 0.3) is 0 Å². The van der Waals surface area contributed by atoms with Gasteiger partial charge in [0.25, 0.3) is 0 Å². The third-order valence-electron chi connectivity index (χ3n) is 3.25. The highest BCUT2D eigenvalue weighted by molar-refractivity contribution is 5.88. The van der Waals surface area contributed by atoms with Crippen molar-refractivity contribution in [1.82, 2.24) is 4.90 Å². The highest BCUT2D eigenvalue weighted by atomic mass is 35.5. The Hall–Kier alpha value is -0.900. The van der Waals surface area contributed by atoms with Gasteiger partial charge in [-0.15, -0.1) is 12.4 Å². The first-order chi connectivity index (χ1) is 7.50. The molecule has 1 aromatic rings. The van der Waals surface area contributed by atoms with Crippen molar-refractivity contribution in [2.24, 2.45) is 0 Å². The minimum absolute atomic E-state index is 0. The fourth-order valence-corrected chi connectivity index (χ4v) is 2.28. The van der Waals surface area contributed by atoms with E-state index in [2.05, 4.69) is 0 Å². The highest BCUT2D eigenvalue weighted by Crippen LogP contribution is 2.31. The summed E-state index contributed by atoms with van der Waals surface area (Å²) in [5, 5.41) is 9.89. The van der Waals surface area contributed by atoms with Crippen molar-refractivity contribution in [2.75, 3.05) is 13.6 Å². The number of nitrogens with zero attached hydrogens (tertiary/aromatic N) is 1. The van der Waals surface area contributed by atoms with Gasteiger partial charge in [-0.1, -0.05) is 30.3 Å². The minimum Gasteiger partial charge on any atom is -0.381 e. The lowest BCUT2D eigenvalue weighted by atomic mass is 9.86. The summed E-state index contributed by atoms with van der Waals surface area (Å²) in [6.07, 6.45) is 0.382. The van der Waals surface area contributed by atoms with Crippen LogP contribution in [0.1, 0.15) is 24.9 Å². The van der Waals surface area contributed by atoms with Crippen LogP contribution in [0, 0.1) is 0 Å². The summed E-state index contributed by atoms with van der Waals surface area (Å²) < 4.78 is 0. The van der Waals surface area contributed by atoms with Gasteiger partial charge in [-0.25, -0.2) is 0 Å². The van der Waals surface area contributed by atoms with Crippen LogP contribution in [0.2, 0.25) is 0 Å². The minimum atomic E-state index is -1.19. The number of likely N-dealkylation sites (N-methyl/N-ethyl adjacent to an activating group) is 1. The zero-order valence-electron chi connectivity index (χ0n) is 10.1. The Morgan fingerprint density at radius 1 is 1.35 bits per heavy atom. The van der Waals surface area contributed by atoms with Crippen LogP contribution < -0.4 is 0 Å². The fourth-order valence-electron chi connectivity index (χ4n) is 2.28. The lowest BCUT2D eigenvalue weighted by Gasteiger charge is -2.39. The number of Topliss-reactive ketones (excluding diaryl/α,β-unsaturated/α-hetero) is 1. The van der Waals surface area contributed by atoms with Gasteiger partial charge in [0.2, 0.25) is 0 Å². The number of piperidine rings is 1. The van der Waals surface area contributed by atoms with Crippen molar-refractivity contribution in [3.05, 3.63) is 35.9 Å². The number of halogens is 1. The molecule has 0 aliphatic carbocycles. The molecule has 0 amide bonds. The average molecular weight is 256 g/mol. The van der Waals surface area contributed by atoms with E-state index >= 15 is 0 Å². The van der Waals surface area contributed by atoms with E-state index in [1.165, 1.54) is 0 Å². The zero-order chi connectivity index (χ0) is 11.8. The largest absolute Gasteiger partial charge is 0.381 e. The van der Waals surface area contributed by atoms with Gasteiger partial charge in [-0.05, 0) is 19.5 Å². The second-order valence-corrected chi connectivity index (χ2v) is 4.74. The van der Waals surface area contributed by atoms with E-state index in [9.17, 15) is 9.90 Å². The maximum Gasteiger partial charge on any atom is 0.167 e. The second kappa shape index (κ2) is 5.17. The maximum absolute atomic E-state index is 11.8. The van der Waals surface area contributed by atoms with E-state index in [4.69, 9.17) is 0 Å². The van der Waals surface area contributed by atoms with Crippen LogP contribution in [-0.2, 0) is 4.79 Å². The summed E-state index contributed by atoms with van der Waals surface area (Å²) in [5.74, 6) is -0.0700. The van der Waals surface area contributed by atoms with Crippen molar-refractivity contribution in [2.45, 2.75) is 25.0 Å². The van der Waals surface area contributed by atoms with Gasteiger partial charge in [-0.2, -0.15) is 0 Å². The lowest BCUT2D eigenvalue weighted by molar-refractivity contribution is -0.144. The van der Waals surface area contributed by atoms with Crippen LogP contribution in [0.4, 0.5) is 0 Å². The summed E-state index contributed by atoms with van der Waals surface area (Å²) in [4.78, 5) is 13.8. The van der Waals surface area contributed by atoms with Crippen molar-refractivity contribution in [1.29, 1.82) is 0 Å². The molecule has 0 spiro atoms. The number of carbonyl (C=O) groups excluding carboxylic acids is 1. The van der Waals surface area contributed by atoms with Crippen molar-refractivity contribution in [3.8, 4) is 0 Å². The number of hydrogen-bond donors (Lipinski definition) is 1. The Balaban J connectivity index is 0.00000144. The monoisotopic (exact) mass is 255 g/mol. The first kappa shape index (κ1) is 14.2. The summed E-state index contributed by atoms with van der Waals surface area (Å²) in [6, 6.07) is 10.0. The number of hydrogen-bond acceptors (Lipinski definition) is 3. The van der Waals surface area contributed by atoms with Crippen LogP contribution >= 0.6 is 12.4 Å².